The Morgan fingerprint density at radius 1 is 1.06 bits per heavy atom. The van der Waals surface area contributed by atoms with E-state index in [0.717, 1.165) is 11.8 Å². The lowest BCUT2D eigenvalue weighted by Gasteiger charge is -2.16. The molecule has 2 aromatic carbocycles. The number of aromatic hydroxyl groups is 1. The quantitative estimate of drug-likeness (QED) is 0.810. The maximum Gasteiger partial charge on any atom is 0.131 e. The van der Waals surface area contributed by atoms with Crippen LogP contribution in [-0.2, 0) is 0 Å². The van der Waals surface area contributed by atoms with Crippen molar-refractivity contribution in [1.29, 1.82) is 0 Å². The third kappa shape index (κ3) is 2.77. The second-order valence-electron chi connectivity index (χ2n) is 4.08. The molecule has 2 rings (SSSR count). The fourth-order valence-corrected chi connectivity index (χ4v) is 1.74. The third-order valence-electron chi connectivity index (χ3n) is 2.68. The van der Waals surface area contributed by atoms with Crippen molar-refractivity contribution in [2.24, 2.45) is 0 Å². The number of phenolic OH excluding ortho intramolecular Hbond substituents is 1. The van der Waals surface area contributed by atoms with Crippen LogP contribution in [0.4, 0.5) is 14.5 Å². The fraction of sp³-hybridized carbons (Fsp3) is 0.143. The molecule has 0 spiro atoms. The van der Waals surface area contributed by atoms with Crippen LogP contribution in [-0.4, -0.2) is 5.11 Å². The maximum absolute atomic E-state index is 13.5. The van der Waals surface area contributed by atoms with Gasteiger partial charge in [-0.2, -0.15) is 0 Å². The van der Waals surface area contributed by atoms with Crippen LogP contribution in [0.3, 0.4) is 0 Å². The lowest BCUT2D eigenvalue weighted by molar-refractivity contribution is 0.475. The second kappa shape index (κ2) is 5.04. The van der Waals surface area contributed by atoms with Gasteiger partial charge in [0.15, 0.2) is 0 Å². The van der Waals surface area contributed by atoms with E-state index in [2.05, 4.69) is 5.32 Å². The van der Waals surface area contributed by atoms with Gasteiger partial charge in [0.2, 0.25) is 0 Å². The Balaban J connectivity index is 2.16. The third-order valence-corrected chi connectivity index (χ3v) is 2.68. The van der Waals surface area contributed by atoms with Crippen LogP contribution in [0, 0.1) is 11.6 Å². The van der Waals surface area contributed by atoms with E-state index in [0.29, 0.717) is 5.56 Å². The molecule has 4 heteroatoms. The molecule has 0 aromatic heterocycles. The summed E-state index contributed by atoms with van der Waals surface area (Å²) in [5.41, 5.74) is 1.15. The van der Waals surface area contributed by atoms with E-state index in [1.807, 2.05) is 0 Å². The van der Waals surface area contributed by atoms with Crippen molar-refractivity contribution in [3.8, 4) is 5.75 Å². The first-order valence-corrected chi connectivity index (χ1v) is 5.57. The lowest BCUT2D eigenvalue weighted by atomic mass is 10.1. The zero-order chi connectivity index (χ0) is 13.1. The minimum absolute atomic E-state index is 0.168. The van der Waals surface area contributed by atoms with E-state index in [-0.39, 0.29) is 11.8 Å². The molecule has 1 atom stereocenters. The molecule has 0 bridgehead atoms. The highest BCUT2D eigenvalue weighted by molar-refractivity contribution is 5.47. The average molecular weight is 249 g/mol. The van der Waals surface area contributed by atoms with Gasteiger partial charge in [0, 0.05) is 17.3 Å². The summed E-state index contributed by atoms with van der Waals surface area (Å²) in [6, 6.07) is 9.67. The molecule has 18 heavy (non-hydrogen) atoms. The summed E-state index contributed by atoms with van der Waals surface area (Å²) in [7, 11) is 0. The fourth-order valence-electron chi connectivity index (χ4n) is 1.74. The van der Waals surface area contributed by atoms with Crippen LogP contribution in [0.15, 0.2) is 42.5 Å². The number of halogens is 2. The number of rotatable bonds is 3. The van der Waals surface area contributed by atoms with Crippen molar-refractivity contribution in [2.75, 3.05) is 5.32 Å². The zero-order valence-corrected chi connectivity index (χ0v) is 9.82. The van der Waals surface area contributed by atoms with Crippen molar-refractivity contribution in [3.63, 3.8) is 0 Å². The summed E-state index contributed by atoms with van der Waals surface area (Å²) in [5, 5.41) is 12.2. The van der Waals surface area contributed by atoms with E-state index in [1.165, 1.54) is 24.3 Å². The van der Waals surface area contributed by atoms with Gasteiger partial charge in [-0.1, -0.05) is 6.07 Å². The Labute approximate surface area is 104 Å². The first-order valence-electron chi connectivity index (χ1n) is 5.57. The van der Waals surface area contributed by atoms with Gasteiger partial charge in [-0.25, -0.2) is 8.78 Å². The van der Waals surface area contributed by atoms with Crippen LogP contribution in [0.5, 0.6) is 5.75 Å². The van der Waals surface area contributed by atoms with Crippen LogP contribution in [0.1, 0.15) is 18.5 Å². The molecule has 0 amide bonds. The first-order chi connectivity index (χ1) is 8.56. The van der Waals surface area contributed by atoms with E-state index in [9.17, 15) is 8.78 Å². The number of hydrogen-bond donors (Lipinski definition) is 2. The predicted molar refractivity (Wildman–Crippen MR) is 66.5 cm³/mol. The maximum atomic E-state index is 13.5. The summed E-state index contributed by atoms with van der Waals surface area (Å²) >= 11 is 0. The molecule has 0 radical (unpaired) electrons. The summed E-state index contributed by atoms with van der Waals surface area (Å²) in [6.45, 7) is 1.78. The number of benzene rings is 2. The van der Waals surface area contributed by atoms with Crippen LogP contribution >= 0.6 is 0 Å². The molecule has 0 heterocycles. The molecular weight excluding hydrogens is 236 g/mol. The Bertz CT molecular complexity index is 540. The van der Waals surface area contributed by atoms with E-state index in [4.69, 9.17) is 5.11 Å². The van der Waals surface area contributed by atoms with Gasteiger partial charge in [-0.15, -0.1) is 0 Å². The summed E-state index contributed by atoms with van der Waals surface area (Å²) < 4.78 is 26.3. The molecule has 0 saturated carbocycles. The normalized spacial score (nSPS) is 12.2. The smallest absolute Gasteiger partial charge is 0.131 e. The number of nitrogens with one attached hydrogen (secondary N) is 1. The molecule has 2 aromatic rings. The Hall–Kier alpha value is -2.10. The highest BCUT2D eigenvalue weighted by Gasteiger charge is 2.11. The summed E-state index contributed by atoms with van der Waals surface area (Å²) in [5.74, 6) is -0.997. The molecule has 2 N–H and O–H groups in total. The number of hydrogen-bond acceptors (Lipinski definition) is 2. The minimum atomic E-state index is -0.590. The standard InChI is InChI=1S/C14H13F2NO/c1-9(13-7-2-10(15)8-14(13)16)17-11-3-5-12(18)6-4-11/h2-9,17-18H,1H3. The Morgan fingerprint density at radius 3 is 2.33 bits per heavy atom. The second-order valence-corrected chi connectivity index (χ2v) is 4.08. The van der Waals surface area contributed by atoms with Crippen molar-refractivity contribution in [2.45, 2.75) is 13.0 Å². The van der Waals surface area contributed by atoms with Crippen LogP contribution < -0.4 is 5.32 Å². The molecular formula is C14H13F2NO. The van der Waals surface area contributed by atoms with Gasteiger partial charge in [0.1, 0.15) is 17.4 Å². The van der Waals surface area contributed by atoms with Gasteiger partial charge in [-0.3, -0.25) is 0 Å². The molecule has 0 fully saturated rings. The monoisotopic (exact) mass is 249 g/mol. The molecule has 0 aliphatic rings. The largest absolute Gasteiger partial charge is 0.508 e. The van der Waals surface area contributed by atoms with Crippen molar-refractivity contribution >= 4 is 5.69 Å². The van der Waals surface area contributed by atoms with Gasteiger partial charge in [-0.05, 0) is 37.3 Å². The van der Waals surface area contributed by atoms with Crippen LogP contribution in [0.25, 0.3) is 0 Å². The first kappa shape index (κ1) is 12.4. The molecule has 1 unspecified atom stereocenters. The number of anilines is 1. The van der Waals surface area contributed by atoms with Crippen LogP contribution in [0.2, 0.25) is 0 Å². The highest BCUT2D eigenvalue weighted by Crippen LogP contribution is 2.23. The topological polar surface area (TPSA) is 32.3 Å². The predicted octanol–water partition coefficient (Wildman–Crippen LogP) is 3.84. The number of phenols is 1. The van der Waals surface area contributed by atoms with Crippen molar-refractivity contribution in [1.82, 2.24) is 0 Å². The minimum Gasteiger partial charge on any atom is -0.508 e. The summed E-state index contributed by atoms with van der Waals surface area (Å²) in [6.07, 6.45) is 0. The molecule has 0 aliphatic carbocycles. The van der Waals surface area contributed by atoms with Crippen molar-refractivity contribution < 1.29 is 13.9 Å². The highest BCUT2D eigenvalue weighted by atomic mass is 19.1. The SMILES string of the molecule is CC(Nc1ccc(O)cc1)c1ccc(F)cc1F. The molecule has 2 nitrogen and oxygen atoms in total. The Kier molecular flexibility index (Phi) is 3.46. The van der Waals surface area contributed by atoms with Crippen molar-refractivity contribution in [3.05, 3.63) is 59.7 Å². The van der Waals surface area contributed by atoms with Gasteiger partial charge in [0.25, 0.3) is 0 Å². The summed E-state index contributed by atoms with van der Waals surface area (Å²) in [4.78, 5) is 0. The van der Waals surface area contributed by atoms with E-state index < -0.39 is 11.6 Å². The van der Waals surface area contributed by atoms with Gasteiger partial charge in [0.05, 0.1) is 6.04 Å². The molecule has 94 valence electrons. The molecule has 0 saturated heterocycles. The Morgan fingerprint density at radius 2 is 1.72 bits per heavy atom. The average Bonchev–Trinajstić information content (AvgIpc) is 2.32. The lowest BCUT2D eigenvalue weighted by Crippen LogP contribution is -2.08. The van der Waals surface area contributed by atoms with E-state index >= 15 is 0 Å². The van der Waals surface area contributed by atoms with E-state index in [1.54, 1.807) is 19.1 Å². The zero-order valence-electron chi connectivity index (χ0n) is 9.82. The molecule has 0 aliphatic heterocycles. The van der Waals surface area contributed by atoms with Gasteiger partial charge >= 0.3 is 0 Å². The van der Waals surface area contributed by atoms with Gasteiger partial charge < -0.3 is 10.4 Å².